The van der Waals surface area contributed by atoms with Crippen LogP contribution in [-0.4, -0.2) is 75.5 Å². The lowest BCUT2D eigenvalue weighted by Gasteiger charge is -2.34. The molecule has 0 fully saturated rings. The first-order valence-electron chi connectivity index (χ1n) is 20.6. The Hall–Kier alpha value is -4.27. The smallest absolute Gasteiger partial charge is 0.306 e. The van der Waals surface area contributed by atoms with Gasteiger partial charge in [-0.15, -0.1) is 0 Å². The minimum Gasteiger partial charge on any atom is -0.544 e. The molecule has 2 atom stereocenters. The Kier molecular flexibility index (Phi) is 34.8. The van der Waals surface area contributed by atoms with Gasteiger partial charge in [-0.2, -0.15) is 0 Å². The Morgan fingerprint density at radius 1 is 0.554 bits per heavy atom. The lowest BCUT2D eigenvalue weighted by atomic mass is 10.1. The molecule has 0 aromatic rings. The summed E-state index contributed by atoms with van der Waals surface area (Å²) in [6.07, 6.45) is 52.3. The summed E-state index contributed by atoms with van der Waals surface area (Å²) in [4.78, 5) is 36.8. The van der Waals surface area contributed by atoms with Crippen LogP contribution in [0.2, 0.25) is 0 Å². The van der Waals surface area contributed by atoms with Crippen LogP contribution in [0.5, 0.6) is 0 Å². The zero-order valence-corrected chi connectivity index (χ0v) is 35.2. The largest absolute Gasteiger partial charge is 0.544 e. The van der Waals surface area contributed by atoms with Crippen LogP contribution in [0.3, 0.4) is 0 Å². The standard InChI is InChI=1S/C48H73NO7/c1-6-8-10-12-14-16-18-20-22-23-25-27-29-31-33-35-37-39-47(51)56-44(42-54-41-40-45(48(52)53)49(3,4)5)43-55-46(50)38-36-34-32-30-28-26-24-21-19-17-15-13-11-9-7-2/h8-11,13-17,19-22,24-28,31,33,44-45H,6-7,12,18,23,29-30,32,34-43H2,1-5H3/b10-8+,11-9+,15-13+,16-14+,19-17+,22-20+,24-21+,27-25+,28-26+,33-31+. The summed E-state index contributed by atoms with van der Waals surface area (Å²) in [5, 5.41) is 11.6. The Morgan fingerprint density at radius 3 is 1.61 bits per heavy atom. The van der Waals surface area contributed by atoms with Crippen LogP contribution >= 0.6 is 0 Å². The van der Waals surface area contributed by atoms with Crippen molar-refractivity contribution in [2.75, 3.05) is 41.0 Å². The fourth-order valence-corrected chi connectivity index (χ4v) is 5.07. The van der Waals surface area contributed by atoms with Gasteiger partial charge in [0.1, 0.15) is 12.6 Å². The minimum absolute atomic E-state index is 0.00568. The Labute approximate surface area is 340 Å². The molecule has 0 radical (unpaired) electrons. The number of aliphatic carboxylic acids is 1. The maximum atomic E-state index is 12.7. The number of esters is 2. The van der Waals surface area contributed by atoms with E-state index < -0.39 is 24.1 Å². The second-order valence-electron chi connectivity index (χ2n) is 14.2. The van der Waals surface area contributed by atoms with Gasteiger partial charge in [-0.25, -0.2) is 0 Å². The molecular formula is C48H73NO7. The van der Waals surface area contributed by atoms with Crippen LogP contribution < -0.4 is 5.11 Å². The van der Waals surface area contributed by atoms with Crippen molar-refractivity contribution in [3.8, 4) is 0 Å². The molecule has 0 aliphatic heterocycles. The number of hydrogen-bond acceptors (Lipinski definition) is 7. The van der Waals surface area contributed by atoms with Crippen LogP contribution in [0.4, 0.5) is 0 Å². The molecule has 0 aromatic carbocycles. The molecule has 0 aliphatic carbocycles. The van der Waals surface area contributed by atoms with E-state index in [0.29, 0.717) is 12.8 Å². The summed E-state index contributed by atoms with van der Waals surface area (Å²) < 4.78 is 17.0. The average molecular weight is 776 g/mol. The molecule has 312 valence electrons. The van der Waals surface area contributed by atoms with Crippen LogP contribution in [0, 0.1) is 0 Å². The van der Waals surface area contributed by atoms with E-state index in [0.717, 1.165) is 64.2 Å². The summed E-state index contributed by atoms with van der Waals surface area (Å²) in [6, 6.07) is -0.750. The monoisotopic (exact) mass is 776 g/mol. The lowest BCUT2D eigenvalue weighted by Crippen LogP contribution is -2.55. The first-order chi connectivity index (χ1) is 27.1. The number of carbonyl (C=O) groups excluding carboxylic acids is 3. The number of quaternary nitrogens is 1. The van der Waals surface area contributed by atoms with Gasteiger partial charge in [-0.05, 0) is 70.6 Å². The molecular weight excluding hydrogens is 703 g/mol. The van der Waals surface area contributed by atoms with Gasteiger partial charge < -0.3 is 28.6 Å². The molecule has 0 heterocycles. The van der Waals surface area contributed by atoms with E-state index in [1.165, 1.54) is 0 Å². The Bertz CT molecular complexity index is 1320. The van der Waals surface area contributed by atoms with Gasteiger partial charge >= 0.3 is 11.9 Å². The van der Waals surface area contributed by atoms with E-state index in [2.05, 4.69) is 86.8 Å². The van der Waals surface area contributed by atoms with Gasteiger partial charge in [-0.3, -0.25) is 9.59 Å². The molecule has 0 amide bonds. The zero-order valence-electron chi connectivity index (χ0n) is 35.2. The number of likely N-dealkylation sites (N-methyl/N-ethyl adjacent to an activating group) is 1. The first kappa shape index (κ1) is 51.7. The predicted molar refractivity (Wildman–Crippen MR) is 230 cm³/mol. The van der Waals surface area contributed by atoms with E-state index in [-0.39, 0.29) is 49.5 Å². The molecule has 56 heavy (non-hydrogen) atoms. The van der Waals surface area contributed by atoms with Crippen LogP contribution in [0.15, 0.2) is 122 Å². The van der Waals surface area contributed by atoms with Gasteiger partial charge in [0.25, 0.3) is 0 Å². The summed E-state index contributed by atoms with van der Waals surface area (Å²) in [5.74, 6) is -1.89. The number of carboxylic acid groups (broad SMARTS) is 1. The van der Waals surface area contributed by atoms with E-state index in [1.54, 1.807) is 21.1 Å². The number of unbranched alkanes of at least 4 members (excludes halogenated alkanes) is 4. The molecule has 0 saturated carbocycles. The summed E-state index contributed by atoms with van der Waals surface area (Å²) in [5.41, 5.74) is 0. The molecule has 0 spiro atoms. The highest BCUT2D eigenvalue weighted by Gasteiger charge is 2.25. The fraction of sp³-hybridized carbons (Fsp3) is 0.521. The van der Waals surface area contributed by atoms with E-state index in [9.17, 15) is 19.5 Å². The molecule has 0 bridgehead atoms. The summed E-state index contributed by atoms with van der Waals surface area (Å²) in [6.45, 7) is 4.25. The number of carboxylic acids is 1. The quantitative estimate of drug-likeness (QED) is 0.0211. The molecule has 0 rings (SSSR count). The van der Waals surface area contributed by atoms with Gasteiger partial charge in [0.15, 0.2) is 6.10 Å². The maximum absolute atomic E-state index is 12.7. The van der Waals surface area contributed by atoms with Gasteiger partial charge in [0, 0.05) is 19.3 Å². The highest BCUT2D eigenvalue weighted by atomic mass is 16.6. The van der Waals surface area contributed by atoms with E-state index in [1.807, 2.05) is 48.6 Å². The van der Waals surface area contributed by atoms with Crippen LogP contribution in [0.1, 0.15) is 110 Å². The van der Waals surface area contributed by atoms with Crippen molar-refractivity contribution in [2.24, 2.45) is 0 Å². The molecule has 0 saturated heterocycles. The predicted octanol–water partition coefficient (Wildman–Crippen LogP) is 9.74. The topological polar surface area (TPSA) is 102 Å². The molecule has 0 aliphatic rings. The highest BCUT2D eigenvalue weighted by molar-refractivity contribution is 5.70. The minimum atomic E-state index is -1.15. The zero-order chi connectivity index (χ0) is 41.4. The van der Waals surface area contributed by atoms with Crippen molar-refractivity contribution in [1.29, 1.82) is 0 Å². The van der Waals surface area contributed by atoms with Crippen molar-refractivity contribution in [3.63, 3.8) is 0 Å². The van der Waals surface area contributed by atoms with E-state index in [4.69, 9.17) is 14.2 Å². The van der Waals surface area contributed by atoms with E-state index >= 15 is 0 Å². The van der Waals surface area contributed by atoms with Gasteiger partial charge in [-0.1, -0.05) is 142 Å². The van der Waals surface area contributed by atoms with Gasteiger partial charge in [0.2, 0.25) is 0 Å². The molecule has 0 aromatic heterocycles. The molecule has 8 nitrogen and oxygen atoms in total. The molecule has 8 heteroatoms. The third-order valence-electron chi connectivity index (χ3n) is 8.22. The van der Waals surface area contributed by atoms with Crippen molar-refractivity contribution in [3.05, 3.63) is 122 Å². The van der Waals surface area contributed by atoms with Crippen LogP contribution in [-0.2, 0) is 28.6 Å². The fourth-order valence-electron chi connectivity index (χ4n) is 5.07. The number of hydrogen-bond donors (Lipinski definition) is 0. The third-order valence-corrected chi connectivity index (χ3v) is 8.22. The second kappa shape index (κ2) is 37.6. The third kappa shape index (κ3) is 35.4. The van der Waals surface area contributed by atoms with Gasteiger partial charge in [0.05, 0.1) is 40.3 Å². The number of nitrogens with zero attached hydrogens (tertiary/aromatic N) is 1. The Balaban J connectivity index is 4.60. The SMILES string of the molecule is CC/C=C/C=C/C=C/C=C/C=C/CCCCCC(=O)OCC(COCCC(C(=O)[O-])[N+](C)(C)C)OC(=O)CCC/C=C/C/C=C/C/C=C/C/C=C/C/C=C/CC. The van der Waals surface area contributed by atoms with Crippen molar-refractivity contribution in [1.82, 2.24) is 0 Å². The molecule has 2 unspecified atom stereocenters. The number of rotatable bonds is 34. The maximum Gasteiger partial charge on any atom is 0.306 e. The first-order valence-corrected chi connectivity index (χ1v) is 20.6. The summed E-state index contributed by atoms with van der Waals surface area (Å²) >= 11 is 0. The number of allylic oxidation sites excluding steroid dienone is 20. The number of carbonyl (C=O) groups is 3. The van der Waals surface area contributed by atoms with Crippen molar-refractivity contribution in [2.45, 2.75) is 122 Å². The molecule has 0 N–H and O–H groups in total. The number of ether oxygens (including phenoxy) is 3. The second-order valence-corrected chi connectivity index (χ2v) is 14.2. The summed E-state index contributed by atoms with van der Waals surface area (Å²) in [7, 11) is 5.35. The average Bonchev–Trinajstić information content (AvgIpc) is 3.15. The Morgan fingerprint density at radius 2 is 1.05 bits per heavy atom. The van der Waals surface area contributed by atoms with Crippen LogP contribution in [0.25, 0.3) is 0 Å². The van der Waals surface area contributed by atoms with Crippen molar-refractivity contribution >= 4 is 17.9 Å². The lowest BCUT2D eigenvalue weighted by molar-refractivity contribution is -0.889. The van der Waals surface area contributed by atoms with Crippen molar-refractivity contribution < 1.29 is 38.2 Å². The highest BCUT2D eigenvalue weighted by Crippen LogP contribution is 2.10. The normalized spacial score (nSPS) is 14.2.